The van der Waals surface area contributed by atoms with Gasteiger partial charge in [0, 0.05) is 6.54 Å². The minimum absolute atomic E-state index is 0.139. The number of hydrogen-bond acceptors (Lipinski definition) is 2. The molecule has 2 amide bonds. The van der Waals surface area contributed by atoms with E-state index in [1.54, 1.807) is 24.3 Å². The number of benzene rings is 1. The van der Waals surface area contributed by atoms with Crippen LogP contribution in [0.15, 0.2) is 24.3 Å². The molecule has 0 aromatic heterocycles. The first-order valence-corrected chi connectivity index (χ1v) is 7.29. The van der Waals surface area contributed by atoms with Crippen molar-refractivity contribution in [3.63, 3.8) is 0 Å². The number of hydrogen-bond donors (Lipinski definition) is 0. The lowest BCUT2D eigenvalue weighted by Crippen LogP contribution is -2.30. The third-order valence-electron chi connectivity index (χ3n) is 2.89. The first kappa shape index (κ1) is 12.5. The molecule has 4 heteroatoms. The van der Waals surface area contributed by atoms with E-state index in [1.807, 2.05) is 0 Å². The zero-order valence-corrected chi connectivity index (χ0v) is 11.6. The molecule has 0 radical (unpaired) electrons. The third-order valence-corrected chi connectivity index (χ3v) is 3.66. The molecule has 0 saturated heterocycles. The second kappa shape index (κ2) is 5.62. The van der Waals surface area contributed by atoms with Crippen molar-refractivity contribution in [1.82, 2.24) is 4.90 Å². The molecular formula is C13H14INO2. The van der Waals surface area contributed by atoms with E-state index in [-0.39, 0.29) is 11.8 Å². The molecular weight excluding hydrogens is 329 g/mol. The topological polar surface area (TPSA) is 37.4 Å². The SMILES string of the molecule is O=C1c2ccccc2C(=O)N1CCCCCI. The van der Waals surface area contributed by atoms with Gasteiger partial charge in [0.1, 0.15) is 0 Å². The zero-order chi connectivity index (χ0) is 12.3. The Kier molecular flexibility index (Phi) is 4.15. The number of rotatable bonds is 5. The van der Waals surface area contributed by atoms with Crippen LogP contribution in [-0.4, -0.2) is 27.7 Å². The molecule has 0 bridgehead atoms. The number of fused-ring (bicyclic) bond motifs is 1. The lowest BCUT2D eigenvalue weighted by Gasteiger charge is -2.12. The van der Waals surface area contributed by atoms with Crippen LogP contribution < -0.4 is 0 Å². The molecule has 0 unspecified atom stereocenters. The summed E-state index contributed by atoms with van der Waals surface area (Å²) >= 11 is 2.34. The largest absolute Gasteiger partial charge is 0.274 e. The molecule has 0 saturated carbocycles. The fourth-order valence-corrected chi connectivity index (χ4v) is 2.52. The van der Waals surface area contributed by atoms with Gasteiger partial charge < -0.3 is 0 Å². The van der Waals surface area contributed by atoms with E-state index in [2.05, 4.69) is 22.6 Å². The highest BCUT2D eigenvalue weighted by Crippen LogP contribution is 2.22. The highest BCUT2D eigenvalue weighted by molar-refractivity contribution is 14.1. The number of carbonyl (C=O) groups excluding carboxylic acids is 2. The van der Waals surface area contributed by atoms with E-state index in [9.17, 15) is 9.59 Å². The zero-order valence-electron chi connectivity index (χ0n) is 9.49. The minimum Gasteiger partial charge on any atom is -0.274 e. The summed E-state index contributed by atoms with van der Waals surface area (Å²) in [6.07, 6.45) is 3.11. The van der Waals surface area contributed by atoms with E-state index in [4.69, 9.17) is 0 Å². The summed E-state index contributed by atoms with van der Waals surface area (Å²) < 4.78 is 1.12. The lowest BCUT2D eigenvalue weighted by atomic mass is 10.1. The highest BCUT2D eigenvalue weighted by atomic mass is 127. The van der Waals surface area contributed by atoms with Crippen LogP contribution in [0.2, 0.25) is 0 Å². The molecule has 1 aromatic carbocycles. The van der Waals surface area contributed by atoms with Crippen molar-refractivity contribution in [2.45, 2.75) is 19.3 Å². The second-order valence-electron chi connectivity index (χ2n) is 4.06. The van der Waals surface area contributed by atoms with Gasteiger partial charge in [-0.3, -0.25) is 14.5 Å². The number of imide groups is 1. The molecule has 0 N–H and O–H groups in total. The van der Waals surface area contributed by atoms with Crippen molar-refractivity contribution in [3.8, 4) is 0 Å². The van der Waals surface area contributed by atoms with E-state index in [1.165, 1.54) is 4.90 Å². The Morgan fingerprint density at radius 1 is 0.941 bits per heavy atom. The molecule has 1 heterocycles. The summed E-state index contributed by atoms with van der Waals surface area (Å²) in [6.45, 7) is 0.545. The van der Waals surface area contributed by atoms with Crippen LogP contribution in [0.4, 0.5) is 0 Å². The fraction of sp³-hybridized carbons (Fsp3) is 0.385. The average Bonchev–Trinajstić information content (AvgIpc) is 2.60. The quantitative estimate of drug-likeness (QED) is 0.357. The Balaban J connectivity index is 2.03. The first-order chi connectivity index (χ1) is 8.25. The molecule has 0 aliphatic carbocycles. The first-order valence-electron chi connectivity index (χ1n) is 5.77. The summed E-state index contributed by atoms with van der Waals surface area (Å²) in [5.74, 6) is -0.278. The molecule has 1 aromatic rings. The van der Waals surface area contributed by atoms with Crippen LogP contribution in [0.5, 0.6) is 0 Å². The fourth-order valence-electron chi connectivity index (χ4n) is 1.98. The van der Waals surface area contributed by atoms with Gasteiger partial charge in [-0.15, -0.1) is 0 Å². The van der Waals surface area contributed by atoms with E-state index in [0.29, 0.717) is 17.7 Å². The van der Waals surface area contributed by atoms with Gasteiger partial charge in [0.05, 0.1) is 11.1 Å². The molecule has 0 spiro atoms. The van der Waals surface area contributed by atoms with Gasteiger partial charge in [-0.05, 0) is 29.4 Å². The minimum atomic E-state index is -0.139. The Morgan fingerprint density at radius 2 is 1.53 bits per heavy atom. The van der Waals surface area contributed by atoms with Gasteiger partial charge in [0.25, 0.3) is 11.8 Å². The standard InChI is InChI=1S/C13H14INO2/c14-8-4-1-5-9-15-12(16)10-6-2-3-7-11(10)13(15)17/h2-3,6-7H,1,4-5,8-9H2. The van der Waals surface area contributed by atoms with Crippen molar-refractivity contribution in [3.05, 3.63) is 35.4 Å². The van der Waals surface area contributed by atoms with Gasteiger partial charge in [-0.2, -0.15) is 0 Å². The van der Waals surface area contributed by atoms with Crippen molar-refractivity contribution in [2.75, 3.05) is 11.0 Å². The van der Waals surface area contributed by atoms with Crippen molar-refractivity contribution in [2.24, 2.45) is 0 Å². The maximum Gasteiger partial charge on any atom is 0.261 e. The van der Waals surface area contributed by atoms with Gasteiger partial charge in [0.2, 0.25) is 0 Å². The number of nitrogens with zero attached hydrogens (tertiary/aromatic N) is 1. The average molecular weight is 343 g/mol. The molecule has 1 aliphatic rings. The Bertz CT molecular complexity index is 410. The lowest BCUT2D eigenvalue weighted by molar-refractivity contribution is 0.0651. The van der Waals surface area contributed by atoms with Crippen LogP contribution in [0.1, 0.15) is 40.0 Å². The number of halogens is 1. The number of amides is 2. The number of carbonyl (C=O) groups is 2. The maximum absolute atomic E-state index is 12.0. The molecule has 0 fully saturated rings. The molecule has 90 valence electrons. The van der Waals surface area contributed by atoms with Crippen LogP contribution in [0.25, 0.3) is 0 Å². The maximum atomic E-state index is 12.0. The molecule has 2 rings (SSSR count). The predicted molar refractivity (Wildman–Crippen MR) is 74.5 cm³/mol. The summed E-state index contributed by atoms with van der Waals surface area (Å²) in [6, 6.07) is 7.04. The summed E-state index contributed by atoms with van der Waals surface area (Å²) in [4.78, 5) is 25.3. The van der Waals surface area contributed by atoms with Gasteiger partial charge in [0.15, 0.2) is 0 Å². The predicted octanol–water partition coefficient (Wildman–Crippen LogP) is 2.89. The summed E-state index contributed by atoms with van der Waals surface area (Å²) in [5, 5.41) is 0. The smallest absolute Gasteiger partial charge is 0.261 e. The number of alkyl halides is 1. The van der Waals surface area contributed by atoms with Crippen molar-refractivity contribution in [1.29, 1.82) is 0 Å². The molecule has 17 heavy (non-hydrogen) atoms. The van der Waals surface area contributed by atoms with E-state index < -0.39 is 0 Å². The van der Waals surface area contributed by atoms with Gasteiger partial charge in [-0.1, -0.05) is 41.1 Å². The van der Waals surface area contributed by atoms with Crippen LogP contribution >= 0.6 is 22.6 Å². The van der Waals surface area contributed by atoms with Crippen LogP contribution in [0, 0.1) is 0 Å². The van der Waals surface area contributed by atoms with Crippen LogP contribution in [0.3, 0.4) is 0 Å². The molecule has 0 atom stereocenters. The monoisotopic (exact) mass is 343 g/mol. The van der Waals surface area contributed by atoms with Crippen molar-refractivity contribution < 1.29 is 9.59 Å². The molecule has 3 nitrogen and oxygen atoms in total. The van der Waals surface area contributed by atoms with Crippen molar-refractivity contribution >= 4 is 34.4 Å². The number of unbranched alkanes of at least 4 members (excludes halogenated alkanes) is 2. The van der Waals surface area contributed by atoms with Gasteiger partial charge in [-0.25, -0.2) is 0 Å². The molecule has 1 aliphatic heterocycles. The Morgan fingerprint density at radius 3 is 2.06 bits per heavy atom. The van der Waals surface area contributed by atoms with Crippen LogP contribution in [-0.2, 0) is 0 Å². The van der Waals surface area contributed by atoms with Gasteiger partial charge >= 0.3 is 0 Å². The Hall–Kier alpha value is -0.910. The second-order valence-corrected chi connectivity index (χ2v) is 5.14. The van der Waals surface area contributed by atoms with E-state index in [0.717, 1.165) is 23.7 Å². The Labute approximate surface area is 114 Å². The summed E-state index contributed by atoms with van der Waals surface area (Å²) in [5.41, 5.74) is 1.10. The highest BCUT2D eigenvalue weighted by Gasteiger charge is 2.34. The summed E-state index contributed by atoms with van der Waals surface area (Å²) in [7, 11) is 0. The normalized spacial score (nSPS) is 14.3. The third kappa shape index (κ3) is 2.51. The van der Waals surface area contributed by atoms with E-state index >= 15 is 0 Å².